The van der Waals surface area contributed by atoms with E-state index in [1.165, 1.54) is 18.9 Å². The van der Waals surface area contributed by atoms with Gasteiger partial charge >= 0.3 is 5.97 Å². The van der Waals surface area contributed by atoms with Crippen LogP contribution in [-0.4, -0.2) is 24.0 Å². The Morgan fingerprint density at radius 3 is 2.43 bits per heavy atom. The number of rotatable bonds is 3. The first-order valence-electron chi connectivity index (χ1n) is 7.05. The highest BCUT2D eigenvalue weighted by atomic mass is 32.2. The van der Waals surface area contributed by atoms with Crippen LogP contribution in [0.15, 0.2) is 70.8 Å². The first kappa shape index (κ1) is 15.3. The van der Waals surface area contributed by atoms with E-state index in [2.05, 4.69) is 15.5 Å². The molecule has 23 heavy (non-hydrogen) atoms. The molecule has 6 heteroatoms. The molecule has 116 valence electrons. The van der Waals surface area contributed by atoms with E-state index in [1.807, 2.05) is 60.7 Å². The number of esters is 1. The summed E-state index contributed by atoms with van der Waals surface area (Å²) >= 11 is 1.44. The fourth-order valence-corrected chi connectivity index (χ4v) is 3.18. The lowest BCUT2D eigenvalue weighted by Gasteiger charge is -2.22. The highest BCUT2D eigenvalue weighted by Crippen LogP contribution is 2.34. The van der Waals surface area contributed by atoms with E-state index in [1.54, 1.807) is 0 Å². The number of nitrogens with zero attached hydrogens (tertiary/aromatic N) is 2. The topological polar surface area (TPSA) is 63.0 Å². The molecule has 5 nitrogen and oxygen atoms in total. The Morgan fingerprint density at radius 2 is 1.78 bits per heavy atom. The summed E-state index contributed by atoms with van der Waals surface area (Å²) in [6.07, 6.45) is 0. The molecule has 1 aliphatic heterocycles. The van der Waals surface area contributed by atoms with Crippen LogP contribution in [0, 0.1) is 0 Å². The molecule has 0 amide bonds. The van der Waals surface area contributed by atoms with Gasteiger partial charge < -0.3 is 4.74 Å². The Hall–Kier alpha value is -2.60. The lowest BCUT2D eigenvalue weighted by Crippen LogP contribution is -2.32. The molecule has 2 aromatic carbocycles. The zero-order valence-corrected chi connectivity index (χ0v) is 13.3. The Bertz CT molecular complexity index is 745. The van der Waals surface area contributed by atoms with E-state index < -0.39 is 5.97 Å². The summed E-state index contributed by atoms with van der Waals surface area (Å²) in [5.41, 5.74) is 4.96. The second kappa shape index (κ2) is 7.11. The molecule has 0 saturated heterocycles. The van der Waals surface area contributed by atoms with Gasteiger partial charge in [-0.05, 0) is 17.7 Å². The fourth-order valence-electron chi connectivity index (χ4n) is 2.14. The number of hydrogen-bond donors (Lipinski definition) is 1. The van der Waals surface area contributed by atoms with Gasteiger partial charge in [0.25, 0.3) is 0 Å². The van der Waals surface area contributed by atoms with Crippen LogP contribution in [0.5, 0.6) is 0 Å². The van der Waals surface area contributed by atoms with Crippen LogP contribution in [-0.2, 0) is 9.53 Å². The monoisotopic (exact) mass is 325 g/mol. The third-order valence-electron chi connectivity index (χ3n) is 3.23. The lowest BCUT2D eigenvalue weighted by atomic mass is 10.1. The predicted molar refractivity (Wildman–Crippen MR) is 92.9 cm³/mol. The summed E-state index contributed by atoms with van der Waals surface area (Å²) in [5.74, 6) is -0.447. The van der Waals surface area contributed by atoms with Crippen LogP contribution in [0.2, 0.25) is 0 Å². The van der Waals surface area contributed by atoms with Gasteiger partial charge in [-0.3, -0.25) is 5.43 Å². The highest BCUT2D eigenvalue weighted by Gasteiger charge is 2.31. The van der Waals surface area contributed by atoms with Gasteiger partial charge in [-0.2, -0.15) is 5.10 Å². The van der Waals surface area contributed by atoms with Crippen molar-refractivity contribution < 1.29 is 9.53 Å². The Labute approximate surface area is 138 Å². The number of carbonyl (C=O) groups is 1. The van der Waals surface area contributed by atoms with E-state index in [0.29, 0.717) is 10.9 Å². The van der Waals surface area contributed by atoms with Crippen molar-refractivity contribution in [2.75, 3.05) is 7.11 Å². The lowest BCUT2D eigenvalue weighted by molar-refractivity contribution is -0.132. The Balaban J connectivity index is 1.94. The Kier molecular flexibility index (Phi) is 4.73. The van der Waals surface area contributed by atoms with Gasteiger partial charge in [0, 0.05) is 0 Å². The standard InChI is InChI=1S/C17H15N3O2S/c1-22-16(21)14-15(12-8-4-2-5-9-12)23-17(20-19-14)18-13-10-6-3-7-11-13/h2-11,15H,1H3,(H,18,20)/t15-/m1/s1. The molecule has 2 aromatic rings. The molecule has 0 saturated carbocycles. The molecule has 0 unspecified atom stereocenters. The smallest absolute Gasteiger partial charge is 0.355 e. The number of ether oxygens (including phenoxy) is 1. The van der Waals surface area contributed by atoms with Crippen molar-refractivity contribution in [3.63, 3.8) is 0 Å². The average Bonchev–Trinajstić information content (AvgIpc) is 2.62. The average molecular weight is 325 g/mol. The van der Waals surface area contributed by atoms with Gasteiger partial charge in [-0.15, -0.1) is 0 Å². The molecule has 1 N–H and O–H groups in total. The number of para-hydroxylation sites is 1. The van der Waals surface area contributed by atoms with E-state index in [9.17, 15) is 4.79 Å². The summed E-state index contributed by atoms with van der Waals surface area (Å²) in [4.78, 5) is 16.5. The molecule has 0 bridgehead atoms. The van der Waals surface area contributed by atoms with Gasteiger partial charge in [0.15, 0.2) is 10.9 Å². The zero-order chi connectivity index (χ0) is 16.1. The van der Waals surface area contributed by atoms with Crippen LogP contribution in [0.1, 0.15) is 10.8 Å². The van der Waals surface area contributed by atoms with Crippen LogP contribution in [0.25, 0.3) is 0 Å². The van der Waals surface area contributed by atoms with E-state index >= 15 is 0 Å². The highest BCUT2D eigenvalue weighted by molar-refractivity contribution is 8.14. The molecule has 3 rings (SSSR count). The fraction of sp³-hybridized carbons (Fsp3) is 0.118. The zero-order valence-electron chi connectivity index (χ0n) is 12.5. The third-order valence-corrected chi connectivity index (χ3v) is 4.37. The van der Waals surface area contributed by atoms with Gasteiger partial charge in [0.1, 0.15) is 0 Å². The van der Waals surface area contributed by atoms with Gasteiger partial charge in [-0.25, -0.2) is 9.79 Å². The number of hydrogen-bond acceptors (Lipinski definition) is 5. The van der Waals surface area contributed by atoms with Crippen LogP contribution in [0.4, 0.5) is 5.69 Å². The number of hydrazone groups is 1. The summed E-state index contributed by atoms with van der Waals surface area (Å²) in [5, 5.41) is 4.56. The van der Waals surface area contributed by atoms with Crippen molar-refractivity contribution >= 4 is 34.3 Å². The summed E-state index contributed by atoms with van der Waals surface area (Å²) in [6.45, 7) is 0. The van der Waals surface area contributed by atoms with Gasteiger partial charge in [0.05, 0.1) is 18.0 Å². The number of methoxy groups -OCH3 is 1. The molecule has 0 aromatic heterocycles. The van der Waals surface area contributed by atoms with Crippen LogP contribution < -0.4 is 5.43 Å². The SMILES string of the molecule is COC(=O)C1=NNC(=Nc2ccccc2)S[C@@H]1c1ccccc1. The maximum Gasteiger partial charge on any atom is 0.355 e. The number of thioether (sulfide) groups is 1. The van der Waals surface area contributed by atoms with E-state index in [0.717, 1.165) is 11.3 Å². The van der Waals surface area contributed by atoms with Gasteiger partial charge in [-0.1, -0.05) is 60.3 Å². The van der Waals surface area contributed by atoms with Crippen molar-refractivity contribution in [2.24, 2.45) is 10.1 Å². The predicted octanol–water partition coefficient (Wildman–Crippen LogP) is 3.28. The van der Waals surface area contributed by atoms with Gasteiger partial charge in [0.2, 0.25) is 0 Å². The molecular weight excluding hydrogens is 310 g/mol. The summed E-state index contributed by atoms with van der Waals surface area (Å²) < 4.78 is 4.83. The van der Waals surface area contributed by atoms with E-state index in [4.69, 9.17) is 4.74 Å². The van der Waals surface area contributed by atoms with Crippen molar-refractivity contribution in [1.29, 1.82) is 0 Å². The van der Waals surface area contributed by atoms with Crippen molar-refractivity contribution in [3.05, 3.63) is 66.2 Å². The summed E-state index contributed by atoms with van der Waals surface area (Å²) in [6, 6.07) is 19.3. The van der Waals surface area contributed by atoms with E-state index in [-0.39, 0.29) is 5.25 Å². The first-order valence-corrected chi connectivity index (χ1v) is 7.93. The van der Waals surface area contributed by atoms with Crippen LogP contribution >= 0.6 is 11.8 Å². The van der Waals surface area contributed by atoms with Crippen molar-refractivity contribution in [2.45, 2.75) is 5.25 Å². The number of carbonyl (C=O) groups excluding carboxylic acids is 1. The third kappa shape index (κ3) is 3.60. The second-order valence-corrected chi connectivity index (χ2v) is 5.86. The molecule has 0 radical (unpaired) electrons. The molecule has 0 aliphatic carbocycles. The molecule has 1 heterocycles. The first-order chi connectivity index (χ1) is 11.3. The molecular formula is C17H15N3O2S. The molecule has 1 aliphatic rings. The van der Waals surface area contributed by atoms with Crippen molar-refractivity contribution in [3.8, 4) is 0 Å². The molecule has 0 fully saturated rings. The largest absolute Gasteiger partial charge is 0.464 e. The normalized spacial score (nSPS) is 18.9. The quantitative estimate of drug-likeness (QED) is 0.880. The van der Waals surface area contributed by atoms with Crippen molar-refractivity contribution in [1.82, 2.24) is 5.43 Å². The Morgan fingerprint density at radius 1 is 1.13 bits per heavy atom. The number of aliphatic imine (C=N–C) groups is 1. The maximum atomic E-state index is 12.0. The number of benzene rings is 2. The second-order valence-electron chi connectivity index (χ2n) is 4.76. The molecule has 0 spiro atoms. The number of nitrogens with one attached hydrogen (secondary N) is 1. The van der Waals surface area contributed by atoms with Crippen LogP contribution in [0.3, 0.4) is 0 Å². The maximum absolute atomic E-state index is 12.0. The minimum absolute atomic E-state index is 0.257. The number of amidine groups is 1. The minimum atomic E-state index is -0.447. The minimum Gasteiger partial charge on any atom is -0.464 e. The summed E-state index contributed by atoms with van der Waals surface area (Å²) in [7, 11) is 1.35. The molecule has 1 atom stereocenters.